The van der Waals surface area contributed by atoms with E-state index in [2.05, 4.69) is 14.7 Å². The van der Waals surface area contributed by atoms with Gasteiger partial charge in [0.2, 0.25) is 0 Å². The molecule has 0 aromatic carbocycles. The van der Waals surface area contributed by atoms with Crippen molar-refractivity contribution in [1.29, 1.82) is 0 Å². The van der Waals surface area contributed by atoms with Crippen molar-refractivity contribution in [3.8, 4) is 0 Å². The van der Waals surface area contributed by atoms with Gasteiger partial charge in [0.15, 0.2) is 0 Å². The van der Waals surface area contributed by atoms with Gasteiger partial charge in [-0.15, -0.1) is 0 Å². The van der Waals surface area contributed by atoms with Crippen molar-refractivity contribution in [2.75, 3.05) is 0 Å². The number of nitrogens with zero attached hydrogens (tertiary/aromatic N) is 3. The van der Waals surface area contributed by atoms with Crippen LogP contribution in [0.25, 0.3) is 0 Å². The summed E-state index contributed by atoms with van der Waals surface area (Å²) >= 11 is 0. The standard InChI is InChI=1S/C7H7N3O/c1-2-10(6-8-1)4-7-3-9-11-5-7/h1-3,5-6H,4H2. The van der Waals surface area contributed by atoms with E-state index in [0.29, 0.717) is 0 Å². The Bertz CT molecular complexity index is 266. The van der Waals surface area contributed by atoms with Gasteiger partial charge in [-0.2, -0.15) is 0 Å². The first-order valence-corrected chi connectivity index (χ1v) is 3.29. The van der Waals surface area contributed by atoms with Crippen molar-refractivity contribution < 1.29 is 4.52 Å². The van der Waals surface area contributed by atoms with E-state index in [1.54, 1.807) is 25.0 Å². The van der Waals surface area contributed by atoms with Crippen molar-refractivity contribution in [2.45, 2.75) is 6.54 Å². The molecule has 0 atom stereocenters. The SMILES string of the molecule is c1cn(Cc2cnoc2)cn1. The molecule has 2 rings (SSSR count). The Morgan fingerprint density at radius 3 is 3.18 bits per heavy atom. The summed E-state index contributed by atoms with van der Waals surface area (Å²) in [6, 6.07) is 0. The predicted octanol–water partition coefficient (Wildman–Crippen LogP) is 0.919. The first kappa shape index (κ1) is 6.15. The monoisotopic (exact) mass is 149 g/mol. The molecule has 0 bridgehead atoms. The molecule has 4 heteroatoms. The quantitative estimate of drug-likeness (QED) is 0.637. The van der Waals surface area contributed by atoms with Crippen LogP contribution in [0.15, 0.2) is 35.7 Å². The minimum absolute atomic E-state index is 0.767. The average Bonchev–Trinajstić information content (AvgIpc) is 2.60. The van der Waals surface area contributed by atoms with Gasteiger partial charge in [0.25, 0.3) is 0 Å². The summed E-state index contributed by atoms with van der Waals surface area (Å²) in [5.41, 5.74) is 1.04. The highest BCUT2D eigenvalue weighted by Gasteiger charge is 1.94. The summed E-state index contributed by atoms with van der Waals surface area (Å²) < 4.78 is 6.63. The average molecular weight is 149 g/mol. The molecule has 0 N–H and O–H groups in total. The molecule has 2 aromatic rings. The van der Waals surface area contributed by atoms with E-state index in [4.69, 9.17) is 0 Å². The zero-order valence-corrected chi connectivity index (χ0v) is 5.84. The largest absolute Gasteiger partial charge is 0.364 e. The normalized spacial score (nSPS) is 10.2. The number of imidazole rings is 1. The second-order valence-corrected chi connectivity index (χ2v) is 2.27. The second kappa shape index (κ2) is 2.57. The van der Waals surface area contributed by atoms with Crippen LogP contribution in [0, 0.1) is 0 Å². The highest BCUT2D eigenvalue weighted by atomic mass is 16.5. The third kappa shape index (κ3) is 1.29. The van der Waals surface area contributed by atoms with Crippen LogP contribution in [0.4, 0.5) is 0 Å². The summed E-state index contributed by atoms with van der Waals surface area (Å²) in [6.45, 7) is 0.767. The second-order valence-electron chi connectivity index (χ2n) is 2.27. The van der Waals surface area contributed by atoms with Crippen LogP contribution in [-0.2, 0) is 6.54 Å². The Morgan fingerprint density at radius 2 is 2.55 bits per heavy atom. The number of hydrogen-bond acceptors (Lipinski definition) is 3. The van der Waals surface area contributed by atoms with Gasteiger partial charge in [-0.05, 0) is 0 Å². The Morgan fingerprint density at radius 1 is 1.55 bits per heavy atom. The van der Waals surface area contributed by atoms with Gasteiger partial charge < -0.3 is 9.09 Å². The molecule has 0 spiro atoms. The summed E-state index contributed by atoms with van der Waals surface area (Å²) in [5.74, 6) is 0. The van der Waals surface area contributed by atoms with E-state index in [0.717, 1.165) is 12.1 Å². The lowest BCUT2D eigenvalue weighted by molar-refractivity contribution is 0.418. The number of hydrogen-bond donors (Lipinski definition) is 0. The molecular weight excluding hydrogens is 142 g/mol. The third-order valence-corrected chi connectivity index (χ3v) is 1.41. The van der Waals surface area contributed by atoms with Crippen molar-refractivity contribution in [3.05, 3.63) is 36.7 Å². The first-order chi connectivity index (χ1) is 5.45. The molecule has 0 radical (unpaired) electrons. The maximum absolute atomic E-state index is 4.68. The Balaban J connectivity index is 2.14. The topological polar surface area (TPSA) is 43.9 Å². The summed E-state index contributed by atoms with van der Waals surface area (Å²) in [6.07, 6.45) is 8.72. The highest BCUT2D eigenvalue weighted by Crippen LogP contribution is 1.99. The predicted molar refractivity (Wildman–Crippen MR) is 37.8 cm³/mol. The fraction of sp³-hybridized carbons (Fsp3) is 0.143. The van der Waals surface area contributed by atoms with E-state index in [1.165, 1.54) is 0 Å². The van der Waals surface area contributed by atoms with Crippen LogP contribution < -0.4 is 0 Å². The highest BCUT2D eigenvalue weighted by molar-refractivity contribution is 5.01. The zero-order chi connectivity index (χ0) is 7.52. The van der Waals surface area contributed by atoms with Gasteiger partial charge >= 0.3 is 0 Å². The molecule has 2 heterocycles. The molecule has 0 aliphatic carbocycles. The summed E-state index contributed by atoms with van der Waals surface area (Å²) in [4.78, 5) is 3.91. The lowest BCUT2D eigenvalue weighted by Crippen LogP contribution is -1.93. The van der Waals surface area contributed by atoms with E-state index in [1.807, 2.05) is 10.8 Å². The van der Waals surface area contributed by atoms with Crippen molar-refractivity contribution in [3.63, 3.8) is 0 Å². The van der Waals surface area contributed by atoms with Gasteiger partial charge in [0.1, 0.15) is 6.26 Å². The van der Waals surface area contributed by atoms with Crippen molar-refractivity contribution in [2.24, 2.45) is 0 Å². The Hall–Kier alpha value is -1.58. The lowest BCUT2D eigenvalue weighted by Gasteiger charge is -1.94. The smallest absolute Gasteiger partial charge is 0.128 e. The Kier molecular flexibility index (Phi) is 1.44. The maximum Gasteiger partial charge on any atom is 0.128 e. The molecule has 2 aromatic heterocycles. The molecule has 0 aliphatic rings. The molecule has 0 amide bonds. The van der Waals surface area contributed by atoms with Gasteiger partial charge in [0.05, 0.1) is 19.1 Å². The van der Waals surface area contributed by atoms with Crippen molar-refractivity contribution in [1.82, 2.24) is 14.7 Å². The van der Waals surface area contributed by atoms with E-state index >= 15 is 0 Å². The van der Waals surface area contributed by atoms with Crippen LogP contribution in [0.1, 0.15) is 5.56 Å². The van der Waals surface area contributed by atoms with E-state index < -0.39 is 0 Å². The number of aromatic nitrogens is 3. The van der Waals surface area contributed by atoms with Gasteiger partial charge in [-0.3, -0.25) is 0 Å². The maximum atomic E-state index is 4.68. The first-order valence-electron chi connectivity index (χ1n) is 3.29. The minimum Gasteiger partial charge on any atom is -0.364 e. The molecule has 11 heavy (non-hydrogen) atoms. The molecule has 56 valence electrons. The third-order valence-electron chi connectivity index (χ3n) is 1.41. The van der Waals surface area contributed by atoms with Gasteiger partial charge in [-0.1, -0.05) is 5.16 Å². The summed E-state index contributed by atoms with van der Waals surface area (Å²) in [5, 5.41) is 3.59. The molecule has 0 unspecified atom stereocenters. The molecular formula is C7H7N3O. The van der Waals surface area contributed by atoms with E-state index in [-0.39, 0.29) is 0 Å². The van der Waals surface area contributed by atoms with Gasteiger partial charge in [0, 0.05) is 18.0 Å². The fourth-order valence-electron chi connectivity index (χ4n) is 0.896. The fourth-order valence-corrected chi connectivity index (χ4v) is 0.896. The molecule has 0 saturated carbocycles. The van der Waals surface area contributed by atoms with Crippen LogP contribution in [0.2, 0.25) is 0 Å². The van der Waals surface area contributed by atoms with Gasteiger partial charge in [-0.25, -0.2) is 4.98 Å². The Labute approximate surface area is 63.5 Å². The molecule has 0 aliphatic heterocycles. The van der Waals surface area contributed by atoms with E-state index in [9.17, 15) is 0 Å². The summed E-state index contributed by atoms with van der Waals surface area (Å²) in [7, 11) is 0. The van der Waals surface area contributed by atoms with Crippen LogP contribution >= 0.6 is 0 Å². The molecule has 0 fully saturated rings. The van der Waals surface area contributed by atoms with Crippen molar-refractivity contribution >= 4 is 0 Å². The number of rotatable bonds is 2. The minimum atomic E-state index is 0.767. The molecule has 0 saturated heterocycles. The van der Waals surface area contributed by atoms with Crippen LogP contribution in [0.5, 0.6) is 0 Å². The van der Waals surface area contributed by atoms with Crippen LogP contribution in [0.3, 0.4) is 0 Å². The molecule has 4 nitrogen and oxygen atoms in total. The zero-order valence-electron chi connectivity index (χ0n) is 5.84. The van der Waals surface area contributed by atoms with Crippen LogP contribution in [-0.4, -0.2) is 14.7 Å². The lowest BCUT2D eigenvalue weighted by atomic mass is 10.4.